The van der Waals surface area contributed by atoms with Gasteiger partial charge in [0.15, 0.2) is 0 Å². The molecule has 1 aliphatic rings. The number of nitrogens with zero attached hydrogens (tertiary/aromatic N) is 3. The van der Waals surface area contributed by atoms with E-state index in [0.29, 0.717) is 12.7 Å². The van der Waals surface area contributed by atoms with Gasteiger partial charge < -0.3 is 14.3 Å². The third kappa shape index (κ3) is 4.32. The second kappa shape index (κ2) is 8.86. The molecule has 5 rings (SSSR count). The fraction of sp³-hybridized carbons (Fsp3) is 0.320. The quantitative estimate of drug-likeness (QED) is 0.493. The topological polar surface area (TPSA) is 46.1 Å². The molecule has 2 aromatic heterocycles. The summed E-state index contributed by atoms with van der Waals surface area (Å²) in [7, 11) is 0. The average molecular weight is 401 g/mol. The van der Waals surface area contributed by atoms with Crippen LogP contribution in [0.1, 0.15) is 29.7 Å². The lowest BCUT2D eigenvalue weighted by Gasteiger charge is -2.31. The molecule has 3 heterocycles. The van der Waals surface area contributed by atoms with E-state index in [1.54, 1.807) is 6.33 Å². The summed E-state index contributed by atoms with van der Waals surface area (Å²) in [4.78, 5) is 9.72. The molecular formula is C25H28N4O. The Morgan fingerprint density at radius 2 is 1.77 bits per heavy atom. The minimum atomic E-state index is 0.337. The Morgan fingerprint density at radius 3 is 2.57 bits per heavy atom. The molecule has 0 saturated carbocycles. The molecule has 0 radical (unpaired) electrons. The minimum absolute atomic E-state index is 0.337. The summed E-state index contributed by atoms with van der Waals surface area (Å²) in [5, 5.41) is 1.37. The standard InChI is InChI=1S/C25H28N4O/c1-2-6-20(7-3-1)15-29-17-21(24-8-4-5-9-25(24)29)16-28-12-10-23(11-13-28)30-18-22-14-26-19-27-22/h1-9,14,17,19,23H,10-13,15-16,18H2,(H,26,27). The van der Waals surface area contributed by atoms with Gasteiger partial charge in [-0.25, -0.2) is 4.98 Å². The SMILES string of the molecule is c1ccc(Cn2cc(CN3CCC(OCc4cnc[nH]4)CC3)c3ccccc32)cc1. The van der Waals surface area contributed by atoms with Gasteiger partial charge in [0.2, 0.25) is 0 Å². The monoisotopic (exact) mass is 400 g/mol. The van der Waals surface area contributed by atoms with Crippen LogP contribution < -0.4 is 0 Å². The molecule has 1 saturated heterocycles. The summed E-state index contributed by atoms with van der Waals surface area (Å²) in [6.07, 6.45) is 8.38. The molecular weight excluding hydrogens is 372 g/mol. The highest BCUT2D eigenvalue weighted by Gasteiger charge is 2.21. The third-order valence-corrected chi connectivity index (χ3v) is 6.02. The van der Waals surface area contributed by atoms with E-state index >= 15 is 0 Å². The van der Waals surface area contributed by atoms with Crippen LogP contribution >= 0.6 is 0 Å². The molecule has 0 bridgehead atoms. The van der Waals surface area contributed by atoms with Crippen LogP contribution in [-0.4, -0.2) is 38.6 Å². The van der Waals surface area contributed by atoms with Crippen molar-refractivity contribution in [3.8, 4) is 0 Å². The first-order valence-electron chi connectivity index (χ1n) is 10.8. The van der Waals surface area contributed by atoms with Crippen molar-refractivity contribution in [2.24, 2.45) is 0 Å². The van der Waals surface area contributed by atoms with E-state index < -0.39 is 0 Å². The Kier molecular flexibility index (Phi) is 5.64. The summed E-state index contributed by atoms with van der Waals surface area (Å²) in [5.74, 6) is 0. The molecule has 1 N–H and O–H groups in total. The van der Waals surface area contributed by atoms with E-state index in [9.17, 15) is 0 Å². The first kappa shape index (κ1) is 19.1. The van der Waals surface area contributed by atoms with Gasteiger partial charge in [-0.05, 0) is 30.0 Å². The van der Waals surface area contributed by atoms with Gasteiger partial charge in [0.1, 0.15) is 0 Å². The molecule has 4 aromatic rings. The first-order chi connectivity index (χ1) is 14.8. The largest absolute Gasteiger partial charge is 0.372 e. The molecule has 2 aromatic carbocycles. The number of H-pyrrole nitrogens is 1. The summed E-state index contributed by atoms with van der Waals surface area (Å²) in [6.45, 7) is 4.68. The van der Waals surface area contributed by atoms with Crippen LogP contribution in [0.5, 0.6) is 0 Å². The number of aromatic amines is 1. The van der Waals surface area contributed by atoms with Gasteiger partial charge in [0.05, 0.1) is 30.9 Å². The van der Waals surface area contributed by atoms with Gasteiger partial charge in [0, 0.05) is 43.3 Å². The molecule has 5 nitrogen and oxygen atoms in total. The zero-order valence-corrected chi connectivity index (χ0v) is 17.2. The van der Waals surface area contributed by atoms with Crippen LogP contribution in [0, 0.1) is 0 Å². The van der Waals surface area contributed by atoms with Gasteiger partial charge in [-0.2, -0.15) is 0 Å². The van der Waals surface area contributed by atoms with Gasteiger partial charge in [-0.15, -0.1) is 0 Å². The van der Waals surface area contributed by atoms with Crippen LogP contribution in [0.4, 0.5) is 0 Å². The van der Waals surface area contributed by atoms with Crippen molar-refractivity contribution >= 4 is 10.9 Å². The Labute approximate surface area is 177 Å². The number of nitrogens with one attached hydrogen (secondary N) is 1. The molecule has 1 aliphatic heterocycles. The van der Waals surface area contributed by atoms with Crippen molar-refractivity contribution in [3.63, 3.8) is 0 Å². The smallest absolute Gasteiger partial charge is 0.0922 e. The maximum atomic E-state index is 6.06. The van der Waals surface area contributed by atoms with Crippen LogP contribution in [0.15, 0.2) is 73.3 Å². The first-order valence-corrected chi connectivity index (χ1v) is 10.8. The maximum Gasteiger partial charge on any atom is 0.0922 e. The zero-order valence-electron chi connectivity index (χ0n) is 17.2. The number of piperidine rings is 1. The molecule has 30 heavy (non-hydrogen) atoms. The van der Waals surface area contributed by atoms with Crippen LogP contribution in [-0.2, 0) is 24.4 Å². The number of rotatable bonds is 7. The van der Waals surface area contributed by atoms with E-state index in [1.165, 1.54) is 22.0 Å². The van der Waals surface area contributed by atoms with E-state index in [1.807, 2.05) is 6.20 Å². The summed E-state index contributed by atoms with van der Waals surface area (Å²) in [6, 6.07) is 19.5. The molecule has 154 valence electrons. The number of fused-ring (bicyclic) bond motifs is 1. The number of imidazole rings is 1. The number of ether oxygens (including phenoxy) is 1. The number of aromatic nitrogens is 3. The number of para-hydroxylation sites is 1. The molecule has 5 heteroatoms. The van der Waals surface area contributed by atoms with Crippen LogP contribution in [0.3, 0.4) is 0 Å². The van der Waals surface area contributed by atoms with Crippen LogP contribution in [0.2, 0.25) is 0 Å². The lowest BCUT2D eigenvalue weighted by molar-refractivity contribution is -0.00504. The molecule has 0 spiro atoms. The number of hydrogen-bond acceptors (Lipinski definition) is 3. The number of benzene rings is 2. The second-order valence-corrected chi connectivity index (χ2v) is 8.15. The Balaban J connectivity index is 1.23. The fourth-order valence-corrected chi connectivity index (χ4v) is 4.41. The highest BCUT2D eigenvalue weighted by Crippen LogP contribution is 2.25. The van der Waals surface area contributed by atoms with Crippen molar-refractivity contribution in [2.75, 3.05) is 13.1 Å². The number of likely N-dealkylation sites (tertiary alicyclic amines) is 1. The van der Waals surface area contributed by atoms with Gasteiger partial charge in [-0.1, -0.05) is 48.5 Å². The third-order valence-electron chi connectivity index (χ3n) is 6.02. The van der Waals surface area contributed by atoms with Gasteiger partial charge >= 0.3 is 0 Å². The van der Waals surface area contributed by atoms with Crippen molar-refractivity contribution in [3.05, 3.63) is 90.1 Å². The highest BCUT2D eigenvalue weighted by molar-refractivity contribution is 5.84. The summed E-state index contributed by atoms with van der Waals surface area (Å²) >= 11 is 0. The van der Waals surface area contributed by atoms with Crippen LogP contribution in [0.25, 0.3) is 10.9 Å². The van der Waals surface area contributed by atoms with E-state index in [-0.39, 0.29) is 0 Å². The van der Waals surface area contributed by atoms with E-state index in [2.05, 4.69) is 80.2 Å². The second-order valence-electron chi connectivity index (χ2n) is 8.15. The minimum Gasteiger partial charge on any atom is -0.372 e. The molecule has 0 aliphatic carbocycles. The maximum absolute atomic E-state index is 6.06. The summed E-state index contributed by atoms with van der Waals surface area (Å²) in [5.41, 5.74) is 5.11. The number of hydrogen-bond donors (Lipinski definition) is 1. The lowest BCUT2D eigenvalue weighted by atomic mass is 10.1. The Hall–Kier alpha value is -2.89. The summed E-state index contributed by atoms with van der Waals surface area (Å²) < 4.78 is 8.45. The van der Waals surface area contributed by atoms with Gasteiger partial charge in [-0.3, -0.25) is 4.90 Å². The molecule has 0 unspecified atom stereocenters. The highest BCUT2D eigenvalue weighted by atomic mass is 16.5. The Morgan fingerprint density at radius 1 is 0.967 bits per heavy atom. The molecule has 0 atom stereocenters. The normalized spacial score (nSPS) is 15.7. The Bertz CT molecular complexity index is 1060. The van der Waals surface area contributed by atoms with Crippen molar-refractivity contribution in [1.29, 1.82) is 0 Å². The predicted molar refractivity (Wildman–Crippen MR) is 119 cm³/mol. The molecule has 1 fully saturated rings. The fourth-order valence-electron chi connectivity index (χ4n) is 4.41. The molecule has 0 amide bonds. The average Bonchev–Trinajstić information content (AvgIpc) is 3.43. The van der Waals surface area contributed by atoms with Crippen molar-refractivity contribution in [1.82, 2.24) is 19.4 Å². The van der Waals surface area contributed by atoms with Gasteiger partial charge in [0.25, 0.3) is 0 Å². The van der Waals surface area contributed by atoms with E-state index in [0.717, 1.165) is 44.7 Å². The lowest BCUT2D eigenvalue weighted by Crippen LogP contribution is -2.36. The van der Waals surface area contributed by atoms with Crippen molar-refractivity contribution in [2.45, 2.75) is 38.6 Å². The van der Waals surface area contributed by atoms with Crippen molar-refractivity contribution < 1.29 is 4.74 Å². The van der Waals surface area contributed by atoms with E-state index in [4.69, 9.17) is 4.74 Å². The predicted octanol–water partition coefficient (Wildman–Crippen LogP) is 4.59. The zero-order chi connectivity index (χ0) is 20.2.